The number of halogens is 3. The minimum absolute atomic E-state index is 0.203. The second kappa shape index (κ2) is 6.37. The van der Waals surface area contributed by atoms with Gasteiger partial charge in [-0.25, -0.2) is 0 Å². The van der Waals surface area contributed by atoms with Gasteiger partial charge in [0.05, 0.1) is 24.4 Å². The van der Waals surface area contributed by atoms with E-state index in [1.54, 1.807) is 18.2 Å². The van der Waals surface area contributed by atoms with Gasteiger partial charge in [0.25, 0.3) is 0 Å². The fraction of sp³-hybridized carbons (Fsp3) is 0.500. The average Bonchev–Trinajstić information content (AvgIpc) is 2.28. The first-order valence-electron chi connectivity index (χ1n) is 5.76. The quantitative estimate of drug-likeness (QED) is 0.772. The lowest BCUT2D eigenvalue weighted by Crippen LogP contribution is -2.15. The van der Waals surface area contributed by atoms with Gasteiger partial charge in [-0.3, -0.25) is 0 Å². The largest absolute Gasteiger partial charge is 0.491 e. The standard InChI is InChI=1S/C12H17F3N2O/c1-2-8-18-10-5-3-4-9(11(10)16)17-7-6-12(13,14)15/h3-5,17H,2,6-8,16H2,1H3. The summed E-state index contributed by atoms with van der Waals surface area (Å²) in [7, 11) is 0. The highest BCUT2D eigenvalue weighted by Crippen LogP contribution is 2.30. The predicted octanol–water partition coefficient (Wildman–Crippen LogP) is 3.42. The Kier molecular flexibility index (Phi) is 5.12. The van der Waals surface area contributed by atoms with Gasteiger partial charge in [-0.15, -0.1) is 0 Å². The van der Waals surface area contributed by atoms with Crippen LogP contribution in [0.25, 0.3) is 0 Å². The van der Waals surface area contributed by atoms with E-state index in [1.807, 2.05) is 6.92 Å². The van der Waals surface area contributed by atoms with Gasteiger partial charge in [0.15, 0.2) is 0 Å². The maximum absolute atomic E-state index is 12.0. The number of hydrogen-bond acceptors (Lipinski definition) is 3. The van der Waals surface area contributed by atoms with Gasteiger partial charge >= 0.3 is 6.18 Å². The molecule has 0 aromatic heterocycles. The normalized spacial score (nSPS) is 11.3. The summed E-state index contributed by atoms with van der Waals surface area (Å²) in [5, 5.41) is 2.66. The van der Waals surface area contributed by atoms with Gasteiger partial charge in [-0.2, -0.15) is 13.2 Å². The lowest BCUT2D eigenvalue weighted by molar-refractivity contribution is -0.131. The average molecular weight is 262 g/mol. The number of para-hydroxylation sites is 1. The predicted molar refractivity (Wildman–Crippen MR) is 65.8 cm³/mol. The molecule has 0 amide bonds. The van der Waals surface area contributed by atoms with Crippen molar-refractivity contribution in [3.8, 4) is 5.75 Å². The highest BCUT2D eigenvalue weighted by atomic mass is 19.4. The first kappa shape index (κ1) is 14.5. The third-order valence-corrected chi connectivity index (χ3v) is 2.25. The number of ether oxygens (including phenoxy) is 1. The molecule has 0 aliphatic carbocycles. The maximum atomic E-state index is 12.0. The molecule has 1 aromatic rings. The number of hydrogen-bond donors (Lipinski definition) is 2. The zero-order chi connectivity index (χ0) is 13.6. The van der Waals surface area contributed by atoms with Crippen molar-refractivity contribution >= 4 is 11.4 Å². The van der Waals surface area contributed by atoms with E-state index < -0.39 is 12.6 Å². The Labute approximate surface area is 104 Å². The summed E-state index contributed by atoms with van der Waals surface area (Å²) in [5.41, 5.74) is 6.61. The first-order chi connectivity index (χ1) is 8.44. The Balaban J connectivity index is 2.60. The van der Waals surface area contributed by atoms with Crippen LogP contribution in [0.1, 0.15) is 19.8 Å². The van der Waals surface area contributed by atoms with Gasteiger partial charge in [0.1, 0.15) is 5.75 Å². The van der Waals surface area contributed by atoms with Crippen molar-refractivity contribution in [2.24, 2.45) is 0 Å². The summed E-state index contributed by atoms with van der Waals surface area (Å²) < 4.78 is 41.4. The van der Waals surface area contributed by atoms with Gasteiger partial charge in [0.2, 0.25) is 0 Å². The summed E-state index contributed by atoms with van der Waals surface area (Å²) in [5.74, 6) is 0.494. The molecular weight excluding hydrogens is 245 g/mol. The highest BCUT2D eigenvalue weighted by molar-refractivity contribution is 5.72. The Hall–Kier alpha value is -1.59. The molecule has 3 N–H and O–H groups in total. The van der Waals surface area contributed by atoms with Crippen molar-refractivity contribution in [2.75, 3.05) is 24.2 Å². The van der Waals surface area contributed by atoms with Gasteiger partial charge in [0, 0.05) is 6.54 Å². The van der Waals surface area contributed by atoms with E-state index in [9.17, 15) is 13.2 Å². The molecule has 3 nitrogen and oxygen atoms in total. The molecule has 0 bridgehead atoms. The molecular formula is C12H17F3N2O. The summed E-state index contributed by atoms with van der Waals surface area (Å²) in [4.78, 5) is 0. The maximum Gasteiger partial charge on any atom is 0.390 e. The fourth-order valence-corrected chi connectivity index (χ4v) is 1.37. The smallest absolute Gasteiger partial charge is 0.390 e. The zero-order valence-corrected chi connectivity index (χ0v) is 10.2. The van der Waals surface area contributed by atoms with Crippen LogP contribution in [0.15, 0.2) is 18.2 Å². The second-order valence-corrected chi connectivity index (χ2v) is 3.86. The van der Waals surface area contributed by atoms with E-state index in [0.29, 0.717) is 23.7 Å². The van der Waals surface area contributed by atoms with E-state index in [4.69, 9.17) is 10.5 Å². The van der Waals surface area contributed by atoms with Gasteiger partial charge in [-0.05, 0) is 18.6 Å². The number of nitrogens with two attached hydrogens (primary N) is 1. The Morgan fingerprint density at radius 3 is 2.67 bits per heavy atom. The van der Waals surface area contributed by atoms with Gasteiger partial charge in [-0.1, -0.05) is 13.0 Å². The summed E-state index contributed by atoms with van der Waals surface area (Å²) in [6.45, 7) is 2.28. The van der Waals surface area contributed by atoms with Crippen molar-refractivity contribution in [1.29, 1.82) is 0 Å². The summed E-state index contributed by atoms with van der Waals surface area (Å²) in [6.07, 6.45) is -4.23. The number of alkyl halides is 3. The molecule has 18 heavy (non-hydrogen) atoms. The summed E-state index contributed by atoms with van der Waals surface area (Å²) >= 11 is 0. The van der Waals surface area contributed by atoms with Gasteiger partial charge < -0.3 is 15.8 Å². The first-order valence-corrected chi connectivity index (χ1v) is 5.76. The van der Waals surface area contributed by atoms with E-state index in [-0.39, 0.29) is 6.54 Å². The Bertz CT molecular complexity index is 380. The van der Waals surface area contributed by atoms with Crippen molar-refractivity contribution in [3.05, 3.63) is 18.2 Å². The lowest BCUT2D eigenvalue weighted by Gasteiger charge is -2.14. The number of anilines is 2. The molecule has 6 heteroatoms. The summed E-state index contributed by atoms with van der Waals surface area (Å²) in [6, 6.07) is 5.02. The number of nitrogen functional groups attached to an aromatic ring is 1. The molecule has 1 rings (SSSR count). The molecule has 0 atom stereocenters. The molecule has 0 radical (unpaired) electrons. The van der Waals surface area contributed by atoms with Crippen LogP contribution in [-0.2, 0) is 0 Å². The van der Waals surface area contributed by atoms with Crippen molar-refractivity contribution in [1.82, 2.24) is 0 Å². The molecule has 0 aliphatic rings. The van der Waals surface area contributed by atoms with Crippen LogP contribution in [0.4, 0.5) is 24.5 Å². The molecule has 0 aliphatic heterocycles. The van der Waals surface area contributed by atoms with Crippen molar-refractivity contribution in [3.63, 3.8) is 0 Å². The monoisotopic (exact) mass is 262 g/mol. The van der Waals surface area contributed by atoms with E-state index >= 15 is 0 Å². The molecule has 0 saturated carbocycles. The topological polar surface area (TPSA) is 47.3 Å². The molecule has 1 aromatic carbocycles. The molecule has 0 spiro atoms. The second-order valence-electron chi connectivity index (χ2n) is 3.86. The van der Waals surface area contributed by atoms with Crippen LogP contribution in [0.5, 0.6) is 5.75 Å². The van der Waals surface area contributed by atoms with Crippen molar-refractivity contribution < 1.29 is 17.9 Å². The highest BCUT2D eigenvalue weighted by Gasteiger charge is 2.26. The Morgan fingerprint density at radius 1 is 1.33 bits per heavy atom. The minimum Gasteiger partial charge on any atom is -0.491 e. The van der Waals surface area contributed by atoms with E-state index in [1.165, 1.54) is 0 Å². The van der Waals surface area contributed by atoms with Crippen LogP contribution in [0.2, 0.25) is 0 Å². The van der Waals surface area contributed by atoms with Crippen LogP contribution < -0.4 is 15.8 Å². The Morgan fingerprint density at radius 2 is 2.06 bits per heavy atom. The van der Waals surface area contributed by atoms with Crippen LogP contribution in [0, 0.1) is 0 Å². The van der Waals surface area contributed by atoms with Crippen LogP contribution in [-0.4, -0.2) is 19.3 Å². The molecule has 0 fully saturated rings. The van der Waals surface area contributed by atoms with E-state index in [0.717, 1.165) is 6.42 Å². The number of nitrogens with one attached hydrogen (secondary N) is 1. The van der Waals surface area contributed by atoms with E-state index in [2.05, 4.69) is 5.32 Å². The minimum atomic E-state index is -4.17. The zero-order valence-electron chi connectivity index (χ0n) is 10.2. The fourth-order valence-electron chi connectivity index (χ4n) is 1.37. The molecule has 102 valence electrons. The number of benzene rings is 1. The van der Waals surface area contributed by atoms with Crippen LogP contribution >= 0.6 is 0 Å². The number of rotatable bonds is 6. The SMILES string of the molecule is CCCOc1cccc(NCCC(F)(F)F)c1N. The third-order valence-electron chi connectivity index (χ3n) is 2.25. The third kappa shape index (κ3) is 4.73. The lowest BCUT2D eigenvalue weighted by atomic mass is 10.2. The van der Waals surface area contributed by atoms with Crippen LogP contribution in [0.3, 0.4) is 0 Å². The molecule has 0 unspecified atom stereocenters. The van der Waals surface area contributed by atoms with Crippen molar-refractivity contribution in [2.45, 2.75) is 25.9 Å². The molecule has 0 heterocycles. The molecule has 0 saturated heterocycles.